The number of allylic oxidation sites excluding steroid dienone is 2. The van der Waals surface area contributed by atoms with Crippen molar-refractivity contribution < 1.29 is 9.53 Å². The molecule has 1 aliphatic carbocycles. The molecule has 2 nitrogen and oxygen atoms in total. The molecule has 0 bridgehead atoms. The van der Waals surface area contributed by atoms with Crippen LogP contribution in [0, 0.1) is 5.41 Å². The molecule has 2 heteroatoms. The second-order valence-corrected chi connectivity index (χ2v) is 6.11. The molecule has 3 rings (SSSR count). The Morgan fingerprint density at radius 2 is 1.79 bits per heavy atom. The highest BCUT2D eigenvalue weighted by Gasteiger charge is 2.46. The van der Waals surface area contributed by atoms with E-state index in [4.69, 9.17) is 4.74 Å². The number of hydrogen-bond donors (Lipinski definition) is 0. The maximum atomic E-state index is 12.3. The summed E-state index contributed by atoms with van der Waals surface area (Å²) < 4.78 is 5.60. The monoisotopic (exact) mass is 256 g/mol. The predicted octanol–water partition coefficient (Wildman–Crippen LogP) is 4.18. The van der Waals surface area contributed by atoms with Crippen molar-refractivity contribution in [3.05, 3.63) is 47.2 Å². The van der Waals surface area contributed by atoms with Gasteiger partial charge in [-0.1, -0.05) is 30.3 Å². The van der Waals surface area contributed by atoms with Crippen LogP contribution in [0.3, 0.4) is 0 Å². The van der Waals surface area contributed by atoms with Crippen LogP contribution in [0.15, 0.2) is 41.7 Å². The summed E-state index contributed by atoms with van der Waals surface area (Å²) in [6.07, 6.45) is 4.32. The summed E-state index contributed by atoms with van der Waals surface area (Å²) in [5.41, 5.74) is 2.11. The van der Waals surface area contributed by atoms with Crippen LogP contribution in [0.5, 0.6) is 0 Å². The normalized spacial score (nSPS) is 25.8. The van der Waals surface area contributed by atoms with Gasteiger partial charge >= 0.3 is 5.97 Å². The summed E-state index contributed by atoms with van der Waals surface area (Å²) in [6.45, 7) is 4.01. The highest BCUT2D eigenvalue weighted by atomic mass is 16.5. The van der Waals surface area contributed by atoms with Crippen molar-refractivity contribution in [3.63, 3.8) is 0 Å². The summed E-state index contributed by atoms with van der Waals surface area (Å²) in [6, 6.07) is 10.4. The first-order chi connectivity index (χ1) is 9.10. The van der Waals surface area contributed by atoms with Crippen LogP contribution in [0.4, 0.5) is 0 Å². The summed E-state index contributed by atoms with van der Waals surface area (Å²) in [4.78, 5) is 12.3. The Bertz CT molecular complexity index is 525. The third-order valence-corrected chi connectivity index (χ3v) is 4.40. The molecule has 1 heterocycles. The number of esters is 1. The fourth-order valence-electron chi connectivity index (χ4n) is 3.38. The molecule has 1 atom stereocenters. The van der Waals surface area contributed by atoms with E-state index in [1.807, 2.05) is 19.9 Å². The van der Waals surface area contributed by atoms with E-state index in [2.05, 4.69) is 24.3 Å². The van der Waals surface area contributed by atoms with Crippen molar-refractivity contribution in [2.75, 3.05) is 0 Å². The molecule has 19 heavy (non-hydrogen) atoms. The second kappa shape index (κ2) is 4.52. The van der Waals surface area contributed by atoms with Gasteiger partial charge in [0.1, 0.15) is 5.76 Å². The maximum absolute atomic E-state index is 12.3. The largest absolute Gasteiger partial charge is 0.431 e. The number of benzene rings is 1. The van der Waals surface area contributed by atoms with E-state index in [1.165, 1.54) is 17.6 Å². The van der Waals surface area contributed by atoms with E-state index in [-0.39, 0.29) is 11.9 Å². The maximum Gasteiger partial charge on any atom is 0.317 e. The summed E-state index contributed by atoms with van der Waals surface area (Å²) >= 11 is 0. The Morgan fingerprint density at radius 1 is 1.11 bits per heavy atom. The first-order valence-corrected chi connectivity index (χ1v) is 7.10. The molecule has 0 saturated carbocycles. The van der Waals surface area contributed by atoms with Gasteiger partial charge in [-0.15, -0.1) is 0 Å². The molecule has 0 aromatic heterocycles. The Morgan fingerprint density at radius 3 is 2.53 bits per heavy atom. The van der Waals surface area contributed by atoms with Gasteiger partial charge in [-0.2, -0.15) is 0 Å². The van der Waals surface area contributed by atoms with Crippen LogP contribution in [0.1, 0.15) is 51.0 Å². The van der Waals surface area contributed by atoms with Gasteiger partial charge in [0, 0.05) is 12.3 Å². The van der Waals surface area contributed by atoms with Crippen molar-refractivity contribution in [2.24, 2.45) is 5.41 Å². The highest BCUT2D eigenvalue weighted by Crippen LogP contribution is 2.50. The van der Waals surface area contributed by atoms with Crippen LogP contribution in [0.2, 0.25) is 0 Å². The summed E-state index contributed by atoms with van der Waals surface area (Å²) in [5.74, 6) is 1.04. The van der Waals surface area contributed by atoms with E-state index in [0.717, 1.165) is 25.0 Å². The lowest BCUT2D eigenvalue weighted by Gasteiger charge is -2.41. The summed E-state index contributed by atoms with van der Waals surface area (Å²) in [5, 5.41) is 0. The molecule has 2 aliphatic rings. The number of hydrogen-bond acceptors (Lipinski definition) is 2. The van der Waals surface area contributed by atoms with Crippen LogP contribution >= 0.6 is 0 Å². The lowest BCUT2D eigenvalue weighted by Crippen LogP contribution is -2.39. The molecule has 1 aliphatic heterocycles. The van der Waals surface area contributed by atoms with E-state index in [9.17, 15) is 4.79 Å². The molecule has 0 amide bonds. The van der Waals surface area contributed by atoms with Crippen molar-refractivity contribution in [1.82, 2.24) is 0 Å². The third kappa shape index (κ3) is 1.99. The lowest BCUT2D eigenvalue weighted by atomic mass is 9.67. The first-order valence-electron chi connectivity index (χ1n) is 7.10. The zero-order chi connectivity index (χ0) is 13.5. The van der Waals surface area contributed by atoms with Gasteiger partial charge in [0.15, 0.2) is 0 Å². The molecule has 0 radical (unpaired) electrons. The van der Waals surface area contributed by atoms with E-state index >= 15 is 0 Å². The second-order valence-electron chi connectivity index (χ2n) is 6.11. The van der Waals surface area contributed by atoms with Gasteiger partial charge in [0.25, 0.3) is 0 Å². The van der Waals surface area contributed by atoms with Gasteiger partial charge in [0.05, 0.1) is 5.41 Å². The van der Waals surface area contributed by atoms with Crippen LogP contribution in [-0.2, 0) is 9.53 Å². The van der Waals surface area contributed by atoms with Crippen molar-refractivity contribution in [3.8, 4) is 0 Å². The zero-order valence-electron chi connectivity index (χ0n) is 11.6. The quantitative estimate of drug-likeness (QED) is 0.704. The van der Waals surface area contributed by atoms with E-state index in [0.29, 0.717) is 0 Å². The van der Waals surface area contributed by atoms with Gasteiger partial charge in [0.2, 0.25) is 0 Å². The molecular formula is C17H20O2. The topological polar surface area (TPSA) is 26.3 Å². The third-order valence-electron chi connectivity index (χ3n) is 4.40. The van der Waals surface area contributed by atoms with E-state index in [1.54, 1.807) is 0 Å². The van der Waals surface area contributed by atoms with Gasteiger partial charge < -0.3 is 4.74 Å². The zero-order valence-corrected chi connectivity index (χ0v) is 11.6. The average molecular weight is 256 g/mol. The number of ether oxygens (including phenoxy) is 1. The Labute approximate surface area is 114 Å². The molecule has 0 N–H and O–H groups in total. The molecule has 0 spiro atoms. The molecule has 100 valence electrons. The Balaban J connectivity index is 2.13. The molecule has 0 unspecified atom stereocenters. The van der Waals surface area contributed by atoms with Crippen molar-refractivity contribution in [1.29, 1.82) is 0 Å². The fourth-order valence-corrected chi connectivity index (χ4v) is 3.38. The molecule has 0 fully saturated rings. The number of carbonyl (C=O) groups excluding carboxylic acids is 1. The van der Waals surface area contributed by atoms with Gasteiger partial charge in [-0.05, 0) is 44.2 Å². The Kier molecular flexibility index (Phi) is 2.96. The Hall–Kier alpha value is -1.57. The van der Waals surface area contributed by atoms with Gasteiger partial charge in [-0.3, -0.25) is 4.79 Å². The highest BCUT2D eigenvalue weighted by molar-refractivity contribution is 5.81. The summed E-state index contributed by atoms with van der Waals surface area (Å²) in [7, 11) is 0. The van der Waals surface area contributed by atoms with E-state index < -0.39 is 5.41 Å². The minimum absolute atomic E-state index is 0.0815. The molecule has 1 aromatic carbocycles. The number of rotatable bonds is 1. The van der Waals surface area contributed by atoms with Crippen molar-refractivity contribution in [2.45, 2.75) is 45.4 Å². The smallest absolute Gasteiger partial charge is 0.317 e. The first kappa shape index (κ1) is 12.5. The molecule has 1 aromatic rings. The average Bonchev–Trinajstić information content (AvgIpc) is 2.41. The standard InChI is InChI=1S/C17H20O2/c1-17(2)15(12-8-4-3-5-9-12)13-10-6-7-11-14(13)19-16(17)18/h3-5,8-9,15H,6-7,10-11H2,1-2H3/t15-/m0/s1. The fraction of sp³-hybridized carbons (Fsp3) is 0.471. The minimum Gasteiger partial charge on any atom is -0.431 e. The SMILES string of the molecule is CC1(C)C(=O)OC2=C(CCCC2)[C@@H]1c1ccccc1. The predicted molar refractivity (Wildman–Crippen MR) is 74.6 cm³/mol. The van der Waals surface area contributed by atoms with Crippen LogP contribution in [-0.4, -0.2) is 5.97 Å². The van der Waals surface area contributed by atoms with Crippen LogP contribution in [0.25, 0.3) is 0 Å². The molecule has 0 saturated heterocycles. The molecular weight excluding hydrogens is 236 g/mol. The minimum atomic E-state index is -0.475. The number of carbonyl (C=O) groups is 1. The van der Waals surface area contributed by atoms with Gasteiger partial charge in [-0.25, -0.2) is 0 Å². The van der Waals surface area contributed by atoms with Crippen molar-refractivity contribution >= 4 is 5.97 Å². The lowest BCUT2D eigenvalue weighted by molar-refractivity contribution is -0.153. The van der Waals surface area contributed by atoms with Crippen LogP contribution < -0.4 is 0 Å².